The lowest BCUT2D eigenvalue weighted by Crippen LogP contribution is -2.23. The zero-order valence-electron chi connectivity index (χ0n) is 12.6. The van der Waals surface area contributed by atoms with Gasteiger partial charge in [-0.2, -0.15) is 0 Å². The fourth-order valence-electron chi connectivity index (χ4n) is 2.50. The number of Topliss-reactive ketones (excluding diaryl/α,β-unsaturated/α-hetero) is 2. The van der Waals surface area contributed by atoms with Gasteiger partial charge in [-0.25, -0.2) is 0 Å². The van der Waals surface area contributed by atoms with Gasteiger partial charge in [0.1, 0.15) is 11.4 Å². The number of allylic oxidation sites excluding steroid dienone is 2. The molecule has 0 unspecified atom stereocenters. The van der Waals surface area contributed by atoms with Crippen LogP contribution in [0.1, 0.15) is 34.1 Å². The number of rotatable bonds is 4. The Balaban J connectivity index is 2.96. The summed E-state index contributed by atoms with van der Waals surface area (Å²) < 4.78 is 9.86. The van der Waals surface area contributed by atoms with E-state index in [0.717, 1.165) is 7.11 Å². The van der Waals surface area contributed by atoms with E-state index in [1.807, 2.05) is 0 Å². The Morgan fingerprint density at radius 2 is 1.70 bits per heavy atom. The number of fused-ring (bicyclic) bond motifs is 1. The number of phenols is 2. The maximum atomic E-state index is 12.6. The molecule has 0 fully saturated rings. The zero-order valence-corrected chi connectivity index (χ0v) is 12.6. The third-order valence-corrected chi connectivity index (χ3v) is 3.49. The first-order valence-corrected chi connectivity index (χ1v) is 6.51. The minimum atomic E-state index is -0.788. The van der Waals surface area contributed by atoms with Crippen LogP contribution >= 0.6 is 0 Å². The highest BCUT2D eigenvalue weighted by Gasteiger charge is 2.39. The maximum Gasteiger partial charge on any atom is 0.232 e. The van der Waals surface area contributed by atoms with Crippen LogP contribution in [0, 0.1) is 0 Å². The lowest BCUT2D eigenvalue weighted by atomic mass is 9.85. The molecule has 0 aliphatic heterocycles. The first kappa shape index (κ1) is 16.2. The second-order valence-corrected chi connectivity index (χ2v) is 4.54. The van der Waals surface area contributed by atoms with Crippen LogP contribution < -0.4 is 4.74 Å². The molecular formula is C14H13N3O6. The van der Waals surface area contributed by atoms with Crippen LogP contribution in [-0.4, -0.2) is 36.0 Å². The highest BCUT2D eigenvalue weighted by atomic mass is 16.5. The van der Waals surface area contributed by atoms with E-state index in [2.05, 4.69) is 10.0 Å². The molecule has 2 N–H and O–H groups in total. The third-order valence-electron chi connectivity index (χ3n) is 3.49. The Morgan fingerprint density at radius 1 is 1.09 bits per heavy atom. The van der Waals surface area contributed by atoms with E-state index in [9.17, 15) is 19.8 Å². The van der Waals surface area contributed by atoms with Crippen molar-refractivity contribution < 1.29 is 29.3 Å². The number of ether oxygens (including phenoxy) is 2. The smallest absolute Gasteiger partial charge is 0.232 e. The molecule has 0 spiro atoms. The summed E-state index contributed by atoms with van der Waals surface area (Å²) in [6.07, 6.45) is 0.188. The fourth-order valence-corrected chi connectivity index (χ4v) is 2.50. The number of hydrogen-bond donors (Lipinski definition) is 2. The third kappa shape index (κ3) is 2.14. The molecular weight excluding hydrogens is 306 g/mol. The summed E-state index contributed by atoms with van der Waals surface area (Å²) in [5.74, 6) is -3.51. The minimum Gasteiger partial charge on any atom is -0.507 e. The molecule has 0 saturated carbocycles. The second kappa shape index (κ2) is 5.90. The number of hydrogen-bond acceptors (Lipinski definition) is 7. The number of ketones is 2. The average molecular weight is 319 g/mol. The van der Waals surface area contributed by atoms with Gasteiger partial charge in [0.05, 0.1) is 25.3 Å². The molecule has 0 bridgehead atoms. The Labute approximate surface area is 130 Å². The van der Waals surface area contributed by atoms with Gasteiger partial charge in [-0.3, -0.25) is 9.59 Å². The first-order chi connectivity index (χ1) is 10.9. The van der Waals surface area contributed by atoms with Gasteiger partial charge >= 0.3 is 0 Å². The predicted molar refractivity (Wildman–Crippen MR) is 78.1 cm³/mol. The summed E-state index contributed by atoms with van der Waals surface area (Å²) in [4.78, 5) is 27.6. The van der Waals surface area contributed by atoms with Gasteiger partial charge in [-0.15, -0.1) is 0 Å². The summed E-state index contributed by atoms with van der Waals surface area (Å²) in [6, 6.07) is 0. The van der Waals surface area contributed by atoms with Crippen molar-refractivity contribution in [2.75, 3.05) is 14.2 Å². The fraction of sp³-hybridized carbons (Fsp3) is 0.286. The molecule has 1 aromatic rings. The van der Waals surface area contributed by atoms with E-state index >= 15 is 0 Å². The number of carbonyl (C=O) groups excluding carboxylic acids is 2. The molecule has 120 valence electrons. The number of aromatic hydroxyl groups is 2. The van der Waals surface area contributed by atoms with E-state index in [1.54, 1.807) is 6.92 Å². The molecule has 0 amide bonds. The van der Waals surface area contributed by atoms with E-state index in [-0.39, 0.29) is 17.8 Å². The van der Waals surface area contributed by atoms with Crippen molar-refractivity contribution in [3.05, 3.63) is 32.9 Å². The van der Waals surface area contributed by atoms with Crippen LogP contribution in [0.5, 0.6) is 17.2 Å². The SMILES string of the molecule is CCC1=C(OC)C(=O)c2c(O)c(N=[N+]=[N-])c(OC)c(O)c2C1=O. The summed E-state index contributed by atoms with van der Waals surface area (Å²) in [6.45, 7) is 1.65. The summed E-state index contributed by atoms with van der Waals surface area (Å²) in [7, 11) is 2.37. The van der Waals surface area contributed by atoms with Crippen LogP contribution in [0.2, 0.25) is 0 Å². The molecule has 1 aliphatic carbocycles. The molecule has 0 saturated heterocycles. The zero-order chi connectivity index (χ0) is 17.3. The highest BCUT2D eigenvalue weighted by Crippen LogP contribution is 2.51. The predicted octanol–water partition coefficient (Wildman–Crippen LogP) is 2.74. The van der Waals surface area contributed by atoms with Gasteiger partial charge in [0, 0.05) is 10.5 Å². The van der Waals surface area contributed by atoms with E-state index < -0.39 is 45.6 Å². The van der Waals surface area contributed by atoms with Crippen LogP contribution in [-0.2, 0) is 4.74 Å². The normalized spacial score (nSPS) is 13.5. The molecule has 9 heteroatoms. The van der Waals surface area contributed by atoms with Crippen molar-refractivity contribution in [1.29, 1.82) is 0 Å². The quantitative estimate of drug-likeness (QED) is 0.378. The van der Waals surface area contributed by atoms with Crippen LogP contribution in [0.25, 0.3) is 10.4 Å². The van der Waals surface area contributed by atoms with Crippen LogP contribution in [0.4, 0.5) is 5.69 Å². The number of methoxy groups -OCH3 is 2. The molecule has 0 heterocycles. The molecule has 0 atom stereocenters. The molecule has 0 radical (unpaired) electrons. The van der Waals surface area contributed by atoms with Crippen molar-refractivity contribution in [2.45, 2.75) is 13.3 Å². The minimum absolute atomic E-state index is 0.0679. The highest BCUT2D eigenvalue weighted by molar-refractivity contribution is 6.29. The molecule has 0 aromatic heterocycles. The van der Waals surface area contributed by atoms with E-state index in [4.69, 9.17) is 15.0 Å². The van der Waals surface area contributed by atoms with Crippen molar-refractivity contribution in [3.8, 4) is 17.2 Å². The van der Waals surface area contributed by atoms with Crippen molar-refractivity contribution in [1.82, 2.24) is 0 Å². The number of benzene rings is 1. The maximum absolute atomic E-state index is 12.6. The molecule has 23 heavy (non-hydrogen) atoms. The van der Waals surface area contributed by atoms with Crippen LogP contribution in [0.15, 0.2) is 16.4 Å². The Bertz CT molecular complexity index is 805. The van der Waals surface area contributed by atoms with E-state index in [1.165, 1.54) is 7.11 Å². The largest absolute Gasteiger partial charge is 0.507 e. The lowest BCUT2D eigenvalue weighted by molar-refractivity contribution is 0.0898. The van der Waals surface area contributed by atoms with Gasteiger partial charge in [0.2, 0.25) is 5.78 Å². The van der Waals surface area contributed by atoms with E-state index in [0.29, 0.717) is 0 Å². The number of phenolic OH excluding ortho intramolecular Hbond substituents is 2. The van der Waals surface area contributed by atoms with Crippen molar-refractivity contribution >= 4 is 17.3 Å². The summed E-state index contributed by atoms with van der Waals surface area (Å²) >= 11 is 0. The second-order valence-electron chi connectivity index (χ2n) is 4.54. The molecule has 9 nitrogen and oxygen atoms in total. The molecule has 1 aromatic carbocycles. The Morgan fingerprint density at radius 3 is 2.17 bits per heavy atom. The number of nitrogens with zero attached hydrogens (tertiary/aromatic N) is 3. The average Bonchev–Trinajstić information content (AvgIpc) is 2.53. The summed E-state index contributed by atoms with van der Waals surface area (Å²) in [5, 5.41) is 23.7. The monoisotopic (exact) mass is 319 g/mol. The van der Waals surface area contributed by atoms with Crippen LogP contribution in [0.3, 0.4) is 0 Å². The number of azide groups is 1. The van der Waals surface area contributed by atoms with Gasteiger partial charge in [-0.05, 0) is 12.0 Å². The molecule has 1 aliphatic rings. The van der Waals surface area contributed by atoms with Gasteiger partial charge in [-0.1, -0.05) is 12.0 Å². The standard InChI is InChI=1S/C14H13N3O6/c1-4-5-9(18)6-7(11(20)13(5)22-2)10(19)8(16-17-15)14(23-3)12(6)21/h19,21H,4H2,1-3H3. The van der Waals surface area contributed by atoms with Crippen molar-refractivity contribution in [3.63, 3.8) is 0 Å². The topological polar surface area (TPSA) is 142 Å². The number of carbonyl (C=O) groups is 2. The van der Waals surface area contributed by atoms with Crippen molar-refractivity contribution in [2.24, 2.45) is 5.11 Å². The molecule has 2 rings (SSSR count). The lowest BCUT2D eigenvalue weighted by Gasteiger charge is -2.23. The Hall–Kier alpha value is -3.19. The Kier molecular flexibility index (Phi) is 4.15. The van der Waals surface area contributed by atoms with Gasteiger partial charge in [0.25, 0.3) is 0 Å². The van der Waals surface area contributed by atoms with Gasteiger partial charge in [0.15, 0.2) is 23.0 Å². The first-order valence-electron chi connectivity index (χ1n) is 6.51. The van der Waals surface area contributed by atoms with Gasteiger partial charge < -0.3 is 19.7 Å². The summed E-state index contributed by atoms with van der Waals surface area (Å²) in [5.41, 5.74) is 7.28.